The number of nitrogens with one attached hydrogen (secondary N) is 2. The summed E-state index contributed by atoms with van der Waals surface area (Å²) in [5.74, 6) is -2.11. The topological polar surface area (TPSA) is 84.5 Å². The van der Waals surface area contributed by atoms with Gasteiger partial charge in [-0.05, 0) is 37.0 Å². The van der Waals surface area contributed by atoms with E-state index in [0.29, 0.717) is 4.91 Å². The second-order valence-electron chi connectivity index (χ2n) is 5.68. The molecule has 2 N–H and O–H groups in total. The summed E-state index contributed by atoms with van der Waals surface area (Å²) in [7, 11) is -5.50. The lowest BCUT2D eigenvalue weighted by molar-refractivity contribution is 0.219. The maximum absolute atomic E-state index is 13.3. The number of carbonyl (C=O) groups excluding carboxylic acids is 1. The molecule has 0 aromatic heterocycles. The highest BCUT2D eigenvalue weighted by Crippen LogP contribution is 2.53. The molecule has 0 bridgehead atoms. The third-order valence-electron chi connectivity index (χ3n) is 3.60. The van der Waals surface area contributed by atoms with E-state index >= 15 is 0 Å². The molecule has 0 saturated carbocycles. The highest BCUT2D eigenvalue weighted by Gasteiger charge is 2.38. The van der Waals surface area contributed by atoms with Crippen molar-refractivity contribution < 1.29 is 26.7 Å². The molecule has 2 unspecified atom stereocenters. The van der Waals surface area contributed by atoms with Crippen LogP contribution in [0.4, 0.5) is 19.3 Å². The van der Waals surface area contributed by atoms with Crippen LogP contribution in [-0.2, 0) is 14.8 Å². The molecule has 0 fully saturated rings. The molecular weight excluding hydrogens is 374 g/mol. The van der Waals surface area contributed by atoms with Crippen LogP contribution >= 0.6 is 10.9 Å². The fourth-order valence-corrected chi connectivity index (χ4v) is 6.37. The number of sulfonamides is 1. The average molecular weight is 390 g/mol. The average Bonchev–Trinajstić information content (AvgIpc) is 2.81. The van der Waals surface area contributed by atoms with Crippen LogP contribution in [0.2, 0.25) is 0 Å². The van der Waals surface area contributed by atoms with Crippen molar-refractivity contribution in [1.82, 2.24) is 4.72 Å². The van der Waals surface area contributed by atoms with Gasteiger partial charge in [-0.1, -0.05) is 10.9 Å². The SMILES string of the molecule is CC1=CC2=C(OCC(C)NS2(=O)=O)[SH]1C(=O)Nc1ccc(F)c(F)c1. The van der Waals surface area contributed by atoms with E-state index in [1.165, 1.54) is 12.1 Å². The molecule has 3 rings (SSSR count). The van der Waals surface area contributed by atoms with Crippen LogP contribution in [0.25, 0.3) is 0 Å². The molecule has 0 radical (unpaired) electrons. The Hall–Kier alpha value is -1.91. The Labute approximate surface area is 146 Å². The fraction of sp³-hybridized carbons (Fsp3) is 0.267. The number of hydrogen-bond donors (Lipinski definition) is 3. The Kier molecular flexibility index (Phi) is 4.60. The van der Waals surface area contributed by atoms with Gasteiger partial charge in [-0.15, -0.1) is 0 Å². The van der Waals surface area contributed by atoms with E-state index in [9.17, 15) is 22.0 Å². The van der Waals surface area contributed by atoms with Crippen molar-refractivity contribution in [3.05, 3.63) is 50.8 Å². The van der Waals surface area contributed by atoms with Crippen molar-refractivity contribution in [3.63, 3.8) is 0 Å². The number of rotatable bonds is 1. The number of carbonyl (C=O) groups is 1. The first-order valence-corrected chi connectivity index (χ1v) is 10.2. The highest BCUT2D eigenvalue weighted by molar-refractivity contribution is 8.36. The zero-order chi connectivity index (χ0) is 18.4. The van der Waals surface area contributed by atoms with Gasteiger partial charge in [0.25, 0.3) is 5.24 Å². The minimum absolute atomic E-state index is 0.0547. The molecule has 0 aliphatic carbocycles. The number of amides is 1. The minimum Gasteiger partial charge on any atom is -0.485 e. The van der Waals surface area contributed by atoms with Gasteiger partial charge in [-0.3, -0.25) is 4.79 Å². The summed E-state index contributed by atoms with van der Waals surface area (Å²) in [4.78, 5) is 13.1. The molecule has 2 aliphatic heterocycles. The third kappa shape index (κ3) is 3.42. The zero-order valence-electron chi connectivity index (χ0n) is 13.3. The summed E-state index contributed by atoms with van der Waals surface area (Å²) in [5.41, 5.74) is 0.0798. The van der Waals surface area contributed by atoms with E-state index in [2.05, 4.69) is 10.0 Å². The molecule has 0 spiro atoms. The molecule has 0 saturated heterocycles. The van der Waals surface area contributed by atoms with Crippen LogP contribution in [0, 0.1) is 11.6 Å². The predicted octanol–water partition coefficient (Wildman–Crippen LogP) is 2.92. The Bertz CT molecular complexity index is 912. The number of ether oxygens (including phenoxy) is 1. The molecule has 1 amide bonds. The van der Waals surface area contributed by atoms with E-state index in [1.807, 2.05) is 0 Å². The van der Waals surface area contributed by atoms with Crippen LogP contribution in [-0.4, -0.2) is 26.3 Å². The molecule has 10 heteroatoms. The Morgan fingerprint density at radius 1 is 1.36 bits per heavy atom. The first kappa shape index (κ1) is 17.9. The van der Waals surface area contributed by atoms with Gasteiger partial charge in [-0.2, -0.15) is 0 Å². The van der Waals surface area contributed by atoms with E-state index in [-0.39, 0.29) is 22.3 Å². The van der Waals surface area contributed by atoms with Crippen LogP contribution in [0.3, 0.4) is 0 Å². The smallest absolute Gasteiger partial charge is 0.273 e. The van der Waals surface area contributed by atoms with Gasteiger partial charge in [-0.25, -0.2) is 21.9 Å². The number of halogens is 2. The number of benzene rings is 1. The van der Waals surface area contributed by atoms with Gasteiger partial charge >= 0.3 is 0 Å². The lowest BCUT2D eigenvalue weighted by atomic mass is 10.3. The zero-order valence-corrected chi connectivity index (χ0v) is 15.0. The van der Waals surface area contributed by atoms with Gasteiger partial charge in [0.05, 0.1) is 6.04 Å². The van der Waals surface area contributed by atoms with Crippen molar-refractivity contribution in [3.8, 4) is 0 Å². The fourth-order valence-electron chi connectivity index (χ4n) is 2.49. The molecule has 6 nitrogen and oxygen atoms in total. The van der Waals surface area contributed by atoms with Crippen molar-refractivity contribution >= 4 is 31.8 Å². The first-order chi connectivity index (χ1) is 11.7. The maximum atomic E-state index is 13.3. The van der Waals surface area contributed by atoms with Gasteiger partial charge < -0.3 is 10.1 Å². The molecule has 2 aliphatic rings. The summed E-state index contributed by atoms with van der Waals surface area (Å²) in [6, 6.07) is 2.56. The Morgan fingerprint density at radius 2 is 2.08 bits per heavy atom. The lowest BCUT2D eigenvalue weighted by Crippen LogP contribution is -2.33. The van der Waals surface area contributed by atoms with Crippen molar-refractivity contribution in [2.24, 2.45) is 0 Å². The molecule has 2 heterocycles. The summed E-state index contributed by atoms with van der Waals surface area (Å²) < 4.78 is 59.0. The number of hydrogen-bond acceptors (Lipinski definition) is 4. The third-order valence-corrected chi connectivity index (χ3v) is 7.47. The summed E-state index contributed by atoms with van der Waals surface area (Å²) in [5, 5.41) is 2.07. The minimum atomic E-state index is -3.78. The van der Waals surface area contributed by atoms with Crippen molar-refractivity contribution in [2.45, 2.75) is 19.9 Å². The number of allylic oxidation sites excluding steroid dienone is 2. The molecule has 136 valence electrons. The highest BCUT2D eigenvalue weighted by atomic mass is 32.2. The first-order valence-electron chi connectivity index (χ1n) is 7.33. The van der Waals surface area contributed by atoms with E-state index in [0.717, 1.165) is 12.1 Å². The van der Waals surface area contributed by atoms with E-state index in [4.69, 9.17) is 4.74 Å². The van der Waals surface area contributed by atoms with Gasteiger partial charge in [0.15, 0.2) is 16.7 Å². The maximum Gasteiger partial charge on any atom is 0.273 e. The number of thiol groups is 1. The Morgan fingerprint density at radius 3 is 2.76 bits per heavy atom. The van der Waals surface area contributed by atoms with Crippen molar-refractivity contribution in [1.29, 1.82) is 0 Å². The number of anilines is 1. The van der Waals surface area contributed by atoms with Crippen LogP contribution in [0.1, 0.15) is 13.8 Å². The summed E-state index contributed by atoms with van der Waals surface area (Å²) in [6.45, 7) is 3.38. The van der Waals surface area contributed by atoms with Crippen LogP contribution < -0.4 is 10.0 Å². The molecular formula is C15H16F2N2O4S2. The quantitative estimate of drug-likeness (QED) is 0.644. The monoisotopic (exact) mass is 390 g/mol. The van der Waals surface area contributed by atoms with Crippen LogP contribution in [0.15, 0.2) is 39.2 Å². The predicted molar refractivity (Wildman–Crippen MR) is 92.6 cm³/mol. The van der Waals surface area contributed by atoms with E-state index < -0.39 is 43.8 Å². The molecule has 25 heavy (non-hydrogen) atoms. The normalized spacial score (nSPS) is 26.3. The van der Waals surface area contributed by atoms with Gasteiger partial charge in [0, 0.05) is 11.8 Å². The second kappa shape index (κ2) is 6.43. The largest absolute Gasteiger partial charge is 0.485 e. The molecule has 2 atom stereocenters. The summed E-state index contributed by atoms with van der Waals surface area (Å²) in [6.07, 6.45) is 1.41. The summed E-state index contributed by atoms with van der Waals surface area (Å²) >= 11 is 0. The van der Waals surface area contributed by atoms with Gasteiger partial charge in [0.2, 0.25) is 10.0 Å². The van der Waals surface area contributed by atoms with Crippen molar-refractivity contribution in [2.75, 3.05) is 11.9 Å². The van der Waals surface area contributed by atoms with E-state index in [1.54, 1.807) is 13.8 Å². The van der Waals surface area contributed by atoms with Crippen LogP contribution in [0.5, 0.6) is 0 Å². The molecule has 1 aromatic carbocycles. The molecule has 1 aromatic rings. The Balaban J connectivity index is 1.91. The van der Waals surface area contributed by atoms with Gasteiger partial charge in [0.1, 0.15) is 11.5 Å². The lowest BCUT2D eigenvalue weighted by Gasteiger charge is -2.21. The second-order valence-corrected chi connectivity index (χ2v) is 9.55. The standard InChI is InChI=1S/C15H16F2N2O4S2/c1-8-7-23-14-13(25(21,22)19-8)5-9(2)24(14)15(20)18-10-3-4-11(16)12(17)6-10/h3-6,8,19,24H,7H2,1-2H3,(H,18,20).